The molecule has 8 nitrogen and oxygen atoms in total. The molecule has 0 aromatic heterocycles. The van der Waals surface area contributed by atoms with E-state index >= 15 is 0 Å². The third kappa shape index (κ3) is 19.0. The number of carbonyl (C=O) groups excluding carboxylic acids is 2. The van der Waals surface area contributed by atoms with Crippen molar-refractivity contribution in [3.8, 4) is 0 Å². The van der Waals surface area contributed by atoms with Crippen LogP contribution in [0.5, 0.6) is 0 Å². The van der Waals surface area contributed by atoms with Crippen LogP contribution in [0.4, 0.5) is 0 Å². The molecular weight excluding hydrogens is 628 g/mol. The Morgan fingerprint density at radius 3 is 1.22 bits per heavy atom. The van der Waals surface area contributed by atoms with Gasteiger partial charge in [0.25, 0.3) is 0 Å². The van der Waals surface area contributed by atoms with Crippen LogP contribution in [0.3, 0.4) is 0 Å². The van der Waals surface area contributed by atoms with E-state index in [0.29, 0.717) is 70.8 Å². The molecule has 8 heteroatoms. The Balaban J connectivity index is 1.41. The van der Waals surface area contributed by atoms with Crippen molar-refractivity contribution in [2.75, 3.05) is 80.8 Å². The van der Waals surface area contributed by atoms with Crippen LogP contribution in [-0.2, 0) is 28.5 Å². The molecule has 0 saturated heterocycles. The van der Waals surface area contributed by atoms with Gasteiger partial charge < -0.3 is 27.9 Å². The second kappa shape index (κ2) is 23.4. The Morgan fingerprint density at radius 1 is 0.540 bits per heavy atom. The van der Waals surface area contributed by atoms with Crippen molar-refractivity contribution in [2.45, 2.75) is 144 Å². The van der Waals surface area contributed by atoms with Crippen LogP contribution < -0.4 is 0 Å². The second-order valence-electron chi connectivity index (χ2n) is 18.4. The first-order valence-electron chi connectivity index (χ1n) is 20.8. The predicted octanol–water partition coefficient (Wildman–Crippen LogP) is 8.30. The molecule has 0 N–H and O–H groups in total. The third-order valence-corrected chi connectivity index (χ3v) is 11.6. The molecule has 2 fully saturated rings. The maximum Gasteiger partial charge on any atom is 0.362 e. The molecule has 2 saturated carbocycles. The van der Waals surface area contributed by atoms with E-state index in [1.54, 1.807) is 0 Å². The van der Waals surface area contributed by atoms with E-state index < -0.39 is 0 Å². The Morgan fingerprint density at radius 2 is 0.880 bits per heavy atom. The third-order valence-electron chi connectivity index (χ3n) is 11.6. The van der Waals surface area contributed by atoms with Gasteiger partial charge in [0.1, 0.15) is 25.3 Å². The molecule has 0 aliphatic heterocycles. The maximum atomic E-state index is 12.8. The number of hydrogen-bond acceptors (Lipinski definition) is 6. The summed E-state index contributed by atoms with van der Waals surface area (Å²) in [5.41, 5.74) is 0. The Kier molecular flexibility index (Phi) is 21.1. The fraction of sp³-hybridized carbons (Fsp3) is 0.952. The highest BCUT2D eigenvalue weighted by atomic mass is 16.5. The molecule has 294 valence electrons. The van der Waals surface area contributed by atoms with Crippen molar-refractivity contribution in [1.82, 2.24) is 0 Å². The molecule has 0 heterocycles. The normalized spacial score (nSPS) is 24.9. The van der Waals surface area contributed by atoms with Gasteiger partial charge in [0.05, 0.1) is 41.4 Å². The van der Waals surface area contributed by atoms with Gasteiger partial charge in [0.15, 0.2) is 13.1 Å². The van der Waals surface area contributed by atoms with Gasteiger partial charge in [-0.05, 0) is 74.0 Å². The summed E-state index contributed by atoms with van der Waals surface area (Å²) >= 11 is 0. The fourth-order valence-corrected chi connectivity index (χ4v) is 8.07. The summed E-state index contributed by atoms with van der Waals surface area (Å²) in [5.74, 6) is 3.22. The molecule has 0 spiro atoms. The van der Waals surface area contributed by atoms with Gasteiger partial charge in [-0.1, -0.05) is 92.9 Å². The van der Waals surface area contributed by atoms with Crippen molar-refractivity contribution in [1.29, 1.82) is 0 Å². The Hall–Kier alpha value is -1.22. The van der Waals surface area contributed by atoms with Crippen molar-refractivity contribution < 1.29 is 37.5 Å². The summed E-state index contributed by atoms with van der Waals surface area (Å²) in [6.07, 6.45) is 16.7. The quantitative estimate of drug-likeness (QED) is 0.0540. The van der Waals surface area contributed by atoms with Crippen LogP contribution in [0.2, 0.25) is 0 Å². The van der Waals surface area contributed by atoms with E-state index in [1.165, 1.54) is 64.2 Å². The lowest BCUT2D eigenvalue weighted by molar-refractivity contribution is -0.883. The van der Waals surface area contributed by atoms with Crippen molar-refractivity contribution >= 4 is 11.9 Å². The first-order chi connectivity index (χ1) is 23.6. The van der Waals surface area contributed by atoms with Crippen LogP contribution in [0.15, 0.2) is 0 Å². The van der Waals surface area contributed by atoms with Gasteiger partial charge in [0.2, 0.25) is 0 Å². The first kappa shape index (κ1) is 44.9. The van der Waals surface area contributed by atoms with Crippen LogP contribution in [0.25, 0.3) is 0 Å². The van der Waals surface area contributed by atoms with Gasteiger partial charge in [-0.25, -0.2) is 9.59 Å². The molecule has 2 aliphatic carbocycles. The number of nitrogens with zero attached hydrogens (tertiary/aromatic N) is 2. The molecule has 6 unspecified atom stereocenters. The van der Waals surface area contributed by atoms with Gasteiger partial charge >= 0.3 is 11.9 Å². The van der Waals surface area contributed by atoms with E-state index in [2.05, 4.69) is 69.7 Å². The van der Waals surface area contributed by atoms with Crippen molar-refractivity contribution in [3.63, 3.8) is 0 Å². The molecular formula is C42H82N2O6+2. The molecule has 50 heavy (non-hydrogen) atoms. The average Bonchev–Trinajstić information content (AvgIpc) is 2.99. The standard InChI is InChI=1S/C42H82N2O6/c1-33(2)37-21-19-35(5)29-39(37)49-41(45)31-43(7,8)23-27-47-25-17-15-13-11-12-14-16-18-26-48-28-24-44(9,10)32-42(46)50-40-30-36(6)20-22-38(40)34(3)4/h33-40H,11-32H2,1-10H3/q+2. The first-order valence-corrected chi connectivity index (χ1v) is 20.8. The van der Waals surface area contributed by atoms with Crippen LogP contribution >= 0.6 is 0 Å². The maximum absolute atomic E-state index is 12.8. The van der Waals surface area contributed by atoms with Gasteiger partial charge in [-0.3, -0.25) is 0 Å². The number of carbonyl (C=O) groups is 2. The molecule has 0 aromatic carbocycles. The number of rotatable bonds is 25. The Bertz CT molecular complexity index is 863. The molecule has 0 bridgehead atoms. The monoisotopic (exact) mass is 711 g/mol. The molecule has 6 atom stereocenters. The minimum Gasteiger partial charge on any atom is -0.458 e. The van der Waals surface area contributed by atoms with Gasteiger partial charge in [-0.2, -0.15) is 0 Å². The number of quaternary nitrogens is 2. The molecule has 0 amide bonds. The van der Waals surface area contributed by atoms with E-state index in [0.717, 1.165) is 52.0 Å². The highest BCUT2D eigenvalue weighted by Gasteiger charge is 2.36. The van der Waals surface area contributed by atoms with Crippen LogP contribution in [0.1, 0.15) is 131 Å². The van der Waals surface area contributed by atoms with Gasteiger partial charge in [0, 0.05) is 13.2 Å². The fourth-order valence-electron chi connectivity index (χ4n) is 8.07. The number of unbranched alkanes of at least 4 members (excludes halogenated alkanes) is 7. The number of ether oxygens (including phenoxy) is 4. The number of hydrogen-bond donors (Lipinski definition) is 0. The lowest BCUT2D eigenvalue weighted by Gasteiger charge is -2.37. The minimum absolute atomic E-state index is 0.0645. The average molecular weight is 711 g/mol. The van der Waals surface area contributed by atoms with Crippen molar-refractivity contribution in [3.05, 3.63) is 0 Å². The summed E-state index contributed by atoms with van der Waals surface area (Å²) in [6, 6.07) is 0. The highest BCUT2D eigenvalue weighted by molar-refractivity contribution is 5.71. The highest BCUT2D eigenvalue weighted by Crippen LogP contribution is 2.36. The zero-order chi connectivity index (χ0) is 37.2. The Labute approximate surface area is 308 Å². The SMILES string of the molecule is CC1CCC(C(C)C)C(OC(=O)C[N+](C)(C)CCOCCCCCCCCCCOCC[N+](C)(C)CC(=O)OC2CC(C)CCC2C(C)C)C1. The van der Waals surface area contributed by atoms with E-state index in [-0.39, 0.29) is 24.1 Å². The van der Waals surface area contributed by atoms with E-state index in [4.69, 9.17) is 18.9 Å². The summed E-state index contributed by atoms with van der Waals surface area (Å²) in [6.45, 7) is 19.0. The number of esters is 2. The smallest absolute Gasteiger partial charge is 0.362 e. The molecule has 2 rings (SSSR count). The van der Waals surface area contributed by atoms with E-state index in [1.807, 2.05) is 0 Å². The molecule has 0 radical (unpaired) electrons. The van der Waals surface area contributed by atoms with Crippen LogP contribution in [0, 0.1) is 35.5 Å². The lowest BCUT2D eigenvalue weighted by atomic mass is 9.75. The largest absolute Gasteiger partial charge is 0.458 e. The van der Waals surface area contributed by atoms with Crippen molar-refractivity contribution in [2.24, 2.45) is 35.5 Å². The van der Waals surface area contributed by atoms with Crippen LogP contribution in [-0.4, -0.2) is 114 Å². The summed E-state index contributed by atoms with van der Waals surface area (Å²) in [4.78, 5) is 25.6. The predicted molar refractivity (Wildman–Crippen MR) is 205 cm³/mol. The lowest BCUT2D eigenvalue weighted by Crippen LogP contribution is -2.48. The molecule has 0 aromatic rings. The number of likely N-dealkylation sites (N-methyl/N-ethyl adjacent to an activating group) is 2. The zero-order valence-electron chi connectivity index (χ0n) is 34.5. The second-order valence-corrected chi connectivity index (χ2v) is 18.4. The summed E-state index contributed by atoms with van der Waals surface area (Å²) in [7, 11) is 8.39. The molecule has 2 aliphatic rings. The zero-order valence-corrected chi connectivity index (χ0v) is 34.5. The summed E-state index contributed by atoms with van der Waals surface area (Å²) < 4.78 is 25.1. The minimum atomic E-state index is -0.0645. The topological polar surface area (TPSA) is 71.1 Å². The van der Waals surface area contributed by atoms with Gasteiger partial charge in [-0.15, -0.1) is 0 Å². The van der Waals surface area contributed by atoms with E-state index in [9.17, 15) is 9.59 Å². The summed E-state index contributed by atoms with van der Waals surface area (Å²) in [5, 5.41) is 0.